The summed E-state index contributed by atoms with van der Waals surface area (Å²) < 4.78 is 5.26. The van der Waals surface area contributed by atoms with Gasteiger partial charge in [-0.25, -0.2) is 5.43 Å². The first-order chi connectivity index (χ1) is 10.7. The molecule has 112 valence electrons. The van der Waals surface area contributed by atoms with Gasteiger partial charge in [0.05, 0.1) is 0 Å². The molecular formula is C16H14ClN3O2. The van der Waals surface area contributed by atoms with E-state index in [1.165, 1.54) is 0 Å². The van der Waals surface area contributed by atoms with Crippen LogP contribution < -0.4 is 10.7 Å². The van der Waals surface area contributed by atoms with Crippen molar-refractivity contribution in [2.24, 2.45) is 5.10 Å². The minimum atomic E-state index is -0.247. The van der Waals surface area contributed by atoms with Gasteiger partial charge in [0.2, 0.25) is 5.90 Å². The lowest BCUT2D eigenvalue weighted by atomic mass is 10.2. The lowest BCUT2D eigenvalue weighted by Gasteiger charge is -2.14. The second kappa shape index (κ2) is 6.49. The summed E-state index contributed by atoms with van der Waals surface area (Å²) in [5, 5.41) is 7.92. The Morgan fingerprint density at radius 2 is 2.05 bits per heavy atom. The van der Waals surface area contributed by atoms with Crippen molar-refractivity contribution in [3.8, 4) is 0 Å². The number of hydrogen-bond donors (Lipinski definition) is 2. The van der Waals surface area contributed by atoms with Gasteiger partial charge in [0.1, 0.15) is 0 Å². The fourth-order valence-electron chi connectivity index (χ4n) is 2.04. The highest BCUT2D eigenvalue weighted by molar-refractivity contribution is 6.30. The molecule has 0 saturated carbocycles. The van der Waals surface area contributed by atoms with Gasteiger partial charge in [0.15, 0.2) is 6.61 Å². The van der Waals surface area contributed by atoms with Crippen molar-refractivity contribution < 1.29 is 9.53 Å². The molecule has 0 bridgehead atoms. The Balaban J connectivity index is 1.63. The molecule has 1 aliphatic rings. The molecule has 0 saturated heterocycles. The van der Waals surface area contributed by atoms with Gasteiger partial charge in [-0.05, 0) is 42.0 Å². The summed E-state index contributed by atoms with van der Waals surface area (Å²) in [6.07, 6.45) is 0. The van der Waals surface area contributed by atoms with Crippen LogP contribution in [0.3, 0.4) is 0 Å². The van der Waals surface area contributed by atoms with Gasteiger partial charge in [-0.3, -0.25) is 4.79 Å². The summed E-state index contributed by atoms with van der Waals surface area (Å²) in [6.45, 7) is 0.682. The van der Waals surface area contributed by atoms with Gasteiger partial charge >= 0.3 is 0 Å². The smallest absolute Gasteiger partial charge is 0.278 e. The summed E-state index contributed by atoms with van der Waals surface area (Å²) >= 11 is 5.96. The second-order valence-corrected chi connectivity index (χ2v) is 5.24. The van der Waals surface area contributed by atoms with E-state index in [0.29, 0.717) is 12.4 Å². The summed E-state index contributed by atoms with van der Waals surface area (Å²) in [4.78, 5) is 11.0. The van der Waals surface area contributed by atoms with E-state index in [-0.39, 0.29) is 12.5 Å². The lowest BCUT2D eigenvalue weighted by molar-refractivity contribution is -0.124. The van der Waals surface area contributed by atoms with Gasteiger partial charge in [0.25, 0.3) is 5.91 Å². The quantitative estimate of drug-likeness (QED) is 0.912. The van der Waals surface area contributed by atoms with Crippen LogP contribution >= 0.6 is 11.6 Å². The highest BCUT2D eigenvalue weighted by atomic mass is 35.5. The fourth-order valence-corrected chi connectivity index (χ4v) is 2.25. The van der Waals surface area contributed by atoms with Gasteiger partial charge < -0.3 is 10.1 Å². The van der Waals surface area contributed by atoms with Gasteiger partial charge in [-0.1, -0.05) is 23.7 Å². The van der Waals surface area contributed by atoms with Crippen molar-refractivity contribution in [1.82, 2.24) is 5.43 Å². The van der Waals surface area contributed by atoms with E-state index < -0.39 is 0 Å². The number of ether oxygens (including phenoxy) is 1. The van der Waals surface area contributed by atoms with Crippen molar-refractivity contribution >= 4 is 29.1 Å². The number of hydrogen-bond acceptors (Lipinski definition) is 4. The van der Waals surface area contributed by atoms with Crippen LogP contribution in [0.4, 0.5) is 5.69 Å². The number of amides is 1. The molecule has 1 aliphatic heterocycles. The zero-order chi connectivity index (χ0) is 15.4. The van der Waals surface area contributed by atoms with E-state index in [4.69, 9.17) is 16.3 Å². The number of halogens is 1. The average Bonchev–Trinajstić information content (AvgIpc) is 2.54. The first kappa shape index (κ1) is 14.4. The molecule has 3 rings (SSSR count). The van der Waals surface area contributed by atoms with Crippen LogP contribution in [0.15, 0.2) is 53.6 Å². The Morgan fingerprint density at radius 3 is 2.73 bits per heavy atom. The predicted octanol–water partition coefficient (Wildman–Crippen LogP) is 2.76. The molecule has 1 amide bonds. The first-order valence-corrected chi connectivity index (χ1v) is 7.16. The molecule has 0 fully saturated rings. The molecule has 2 N–H and O–H groups in total. The number of nitrogens with one attached hydrogen (secondary N) is 2. The van der Waals surface area contributed by atoms with Crippen molar-refractivity contribution in [3.05, 3.63) is 64.7 Å². The van der Waals surface area contributed by atoms with Crippen LogP contribution in [0.1, 0.15) is 11.1 Å². The number of anilines is 1. The standard InChI is InChI=1S/C16H14ClN3O2/c17-13-3-1-2-11(8-13)9-18-14-6-4-12(5-7-14)16-20-19-15(21)10-22-16/h1-8,18H,9-10H2,(H,19,21). The molecule has 0 spiro atoms. The Kier molecular flexibility index (Phi) is 4.25. The Labute approximate surface area is 132 Å². The Hall–Kier alpha value is -2.53. The van der Waals surface area contributed by atoms with E-state index >= 15 is 0 Å². The molecule has 0 aliphatic carbocycles. The largest absolute Gasteiger partial charge is 0.466 e. The van der Waals surface area contributed by atoms with Crippen LogP contribution in [0.25, 0.3) is 0 Å². The Bertz CT molecular complexity index is 714. The van der Waals surface area contributed by atoms with Crippen LogP contribution in [-0.2, 0) is 16.1 Å². The highest BCUT2D eigenvalue weighted by Crippen LogP contribution is 2.15. The zero-order valence-corrected chi connectivity index (χ0v) is 12.4. The molecule has 0 atom stereocenters. The number of carbonyl (C=O) groups excluding carboxylic acids is 1. The molecular weight excluding hydrogens is 302 g/mol. The Morgan fingerprint density at radius 1 is 1.23 bits per heavy atom. The van der Waals surface area contributed by atoms with E-state index in [2.05, 4.69) is 15.8 Å². The third-order valence-corrected chi connectivity index (χ3v) is 3.37. The highest BCUT2D eigenvalue weighted by Gasteiger charge is 2.13. The molecule has 5 nitrogen and oxygen atoms in total. The molecule has 0 aromatic heterocycles. The van der Waals surface area contributed by atoms with Crippen LogP contribution in [-0.4, -0.2) is 18.4 Å². The number of carbonyl (C=O) groups is 1. The molecule has 6 heteroatoms. The monoisotopic (exact) mass is 315 g/mol. The first-order valence-electron chi connectivity index (χ1n) is 6.79. The summed E-state index contributed by atoms with van der Waals surface area (Å²) in [7, 11) is 0. The van der Waals surface area contributed by atoms with E-state index in [1.807, 2.05) is 48.5 Å². The van der Waals surface area contributed by atoms with E-state index in [1.54, 1.807) is 0 Å². The second-order valence-electron chi connectivity index (χ2n) is 4.80. The third-order valence-electron chi connectivity index (χ3n) is 3.14. The summed E-state index contributed by atoms with van der Waals surface area (Å²) in [5.74, 6) is 0.171. The topological polar surface area (TPSA) is 62.7 Å². The van der Waals surface area contributed by atoms with Crippen molar-refractivity contribution in [1.29, 1.82) is 0 Å². The van der Waals surface area contributed by atoms with Crippen molar-refractivity contribution in [2.45, 2.75) is 6.54 Å². The molecule has 2 aromatic rings. The third kappa shape index (κ3) is 3.56. The predicted molar refractivity (Wildman–Crippen MR) is 85.9 cm³/mol. The maximum atomic E-state index is 11.0. The van der Waals surface area contributed by atoms with Gasteiger partial charge in [0, 0.05) is 22.8 Å². The lowest BCUT2D eigenvalue weighted by Crippen LogP contribution is -2.32. The fraction of sp³-hybridized carbons (Fsp3) is 0.125. The van der Waals surface area contributed by atoms with Crippen molar-refractivity contribution in [3.63, 3.8) is 0 Å². The number of benzene rings is 2. The average molecular weight is 316 g/mol. The molecule has 1 heterocycles. The zero-order valence-electron chi connectivity index (χ0n) is 11.7. The minimum Gasteiger partial charge on any atom is -0.466 e. The number of hydrazone groups is 1. The SMILES string of the molecule is O=C1COC(c2ccc(NCc3cccc(Cl)c3)cc2)=NN1. The van der Waals surface area contributed by atoms with Crippen molar-refractivity contribution in [2.75, 3.05) is 11.9 Å². The van der Waals surface area contributed by atoms with E-state index in [0.717, 1.165) is 21.8 Å². The molecule has 0 unspecified atom stereocenters. The number of rotatable bonds is 4. The van der Waals surface area contributed by atoms with E-state index in [9.17, 15) is 4.79 Å². The van der Waals surface area contributed by atoms with Gasteiger partial charge in [-0.15, -0.1) is 5.10 Å². The number of nitrogens with zero attached hydrogens (tertiary/aromatic N) is 1. The minimum absolute atomic E-state index is 0.00635. The normalized spacial score (nSPS) is 13.9. The maximum Gasteiger partial charge on any atom is 0.278 e. The molecule has 2 aromatic carbocycles. The molecule has 22 heavy (non-hydrogen) atoms. The summed E-state index contributed by atoms with van der Waals surface area (Å²) in [5.41, 5.74) is 5.29. The maximum absolute atomic E-state index is 11.0. The van der Waals surface area contributed by atoms with Crippen LogP contribution in [0.2, 0.25) is 5.02 Å². The van der Waals surface area contributed by atoms with Gasteiger partial charge in [-0.2, -0.15) is 0 Å². The van der Waals surface area contributed by atoms with Crippen LogP contribution in [0, 0.1) is 0 Å². The van der Waals surface area contributed by atoms with Crippen LogP contribution in [0.5, 0.6) is 0 Å². The summed E-state index contributed by atoms with van der Waals surface area (Å²) in [6, 6.07) is 15.4. The molecule has 0 radical (unpaired) electrons.